The van der Waals surface area contributed by atoms with Crippen LogP contribution in [0.3, 0.4) is 0 Å². The molecule has 0 aromatic heterocycles. The summed E-state index contributed by atoms with van der Waals surface area (Å²) in [5, 5.41) is 0. The van der Waals surface area contributed by atoms with E-state index in [0.29, 0.717) is 0 Å². The summed E-state index contributed by atoms with van der Waals surface area (Å²) in [5.41, 5.74) is 8.45. The Kier molecular flexibility index (Phi) is 3.40. The molecule has 0 bridgehead atoms. The van der Waals surface area contributed by atoms with Crippen LogP contribution < -0.4 is 10.5 Å². The van der Waals surface area contributed by atoms with Crippen LogP contribution in [-0.2, 0) is 4.74 Å². The number of rotatable bonds is 3. The van der Waals surface area contributed by atoms with Crippen molar-refractivity contribution >= 4 is 0 Å². The van der Waals surface area contributed by atoms with Gasteiger partial charge in [-0.3, -0.25) is 0 Å². The molecule has 0 spiro atoms. The highest BCUT2D eigenvalue weighted by atomic mass is 16.5. The van der Waals surface area contributed by atoms with Gasteiger partial charge >= 0.3 is 0 Å². The number of methoxy groups -OCH3 is 1. The second-order valence-electron chi connectivity index (χ2n) is 4.96. The van der Waals surface area contributed by atoms with Gasteiger partial charge in [-0.1, -0.05) is 6.07 Å². The van der Waals surface area contributed by atoms with E-state index in [0.717, 1.165) is 36.3 Å². The second-order valence-corrected chi connectivity index (χ2v) is 4.96. The van der Waals surface area contributed by atoms with Gasteiger partial charge in [0.05, 0.1) is 18.8 Å². The Morgan fingerprint density at radius 1 is 1.47 bits per heavy atom. The summed E-state index contributed by atoms with van der Waals surface area (Å²) >= 11 is 0. The zero-order valence-electron chi connectivity index (χ0n) is 10.8. The standard InChI is InChI=1S/C14H21NO2/c1-10-9-11(16-3)5-6-12(10)13(15)14(2)7-4-8-17-14/h5-6,9,13H,4,7-8,15H2,1-3H3. The molecule has 0 saturated carbocycles. The molecule has 1 fully saturated rings. The van der Waals surface area contributed by atoms with Gasteiger partial charge in [0.1, 0.15) is 5.75 Å². The number of nitrogens with two attached hydrogens (primary N) is 1. The van der Waals surface area contributed by atoms with E-state index in [1.807, 2.05) is 18.2 Å². The molecule has 94 valence electrons. The molecule has 0 radical (unpaired) electrons. The minimum absolute atomic E-state index is 0.0732. The highest BCUT2D eigenvalue weighted by Crippen LogP contribution is 2.37. The van der Waals surface area contributed by atoms with E-state index in [9.17, 15) is 0 Å². The van der Waals surface area contributed by atoms with Gasteiger partial charge in [0.25, 0.3) is 0 Å². The van der Waals surface area contributed by atoms with E-state index in [-0.39, 0.29) is 11.6 Å². The molecule has 1 aliphatic heterocycles. The van der Waals surface area contributed by atoms with Crippen LogP contribution in [0.4, 0.5) is 0 Å². The van der Waals surface area contributed by atoms with Crippen LogP contribution in [0.1, 0.15) is 36.9 Å². The Morgan fingerprint density at radius 3 is 2.76 bits per heavy atom. The highest BCUT2D eigenvalue weighted by molar-refractivity contribution is 5.37. The molecule has 1 aliphatic rings. The normalized spacial score (nSPS) is 25.9. The number of benzene rings is 1. The SMILES string of the molecule is COc1ccc(C(N)C2(C)CCCO2)c(C)c1. The Bertz CT molecular complexity index is 397. The molecular formula is C14H21NO2. The molecule has 3 nitrogen and oxygen atoms in total. The minimum Gasteiger partial charge on any atom is -0.497 e. The smallest absolute Gasteiger partial charge is 0.119 e. The lowest BCUT2D eigenvalue weighted by atomic mass is 9.86. The maximum absolute atomic E-state index is 6.36. The molecule has 2 unspecified atom stereocenters. The van der Waals surface area contributed by atoms with Crippen LogP contribution in [0.5, 0.6) is 5.75 Å². The lowest BCUT2D eigenvalue weighted by Gasteiger charge is -2.31. The van der Waals surface area contributed by atoms with Gasteiger partial charge in [0, 0.05) is 6.61 Å². The van der Waals surface area contributed by atoms with Crippen molar-refractivity contribution in [3.63, 3.8) is 0 Å². The van der Waals surface area contributed by atoms with Crippen molar-refractivity contribution in [1.82, 2.24) is 0 Å². The molecule has 2 N–H and O–H groups in total. The Balaban J connectivity index is 2.27. The van der Waals surface area contributed by atoms with Crippen molar-refractivity contribution in [2.75, 3.05) is 13.7 Å². The van der Waals surface area contributed by atoms with E-state index < -0.39 is 0 Å². The van der Waals surface area contributed by atoms with Crippen molar-refractivity contribution in [3.8, 4) is 5.75 Å². The average molecular weight is 235 g/mol. The summed E-state index contributed by atoms with van der Waals surface area (Å²) in [6.45, 7) is 4.99. The predicted octanol–water partition coefficient (Wildman–Crippen LogP) is 2.57. The second kappa shape index (κ2) is 4.67. The van der Waals surface area contributed by atoms with E-state index in [1.165, 1.54) is 0 Å². The van der Waals surface area contributed by atoms with Gasteiger partial charge in [-0.05, 0) is 49.9 Å². The van der Waals surface area contributed by atoms with Crippen LogP contribution in [0.15, 0.2) is 18.2 Å². The third kappa shape index (κ3) is 2.31. The lowest BCUT2D eigenvalue weighted by Crippen LogP contribution is -2.38. The first kappa shape index (κ1) is 12.4. The summed E-state index contributed by atoms with van der Waals surface area (Å²) in [7, 11) is 1.68. The van der Waals surface area contributed by atoms with E-state index in [1.54, 1.807) is 7.11 Å². The predicted molar refractivity (Wildman–Crippen MR) is 68.3 cm³/mol. The first-order valence-corrected chi connectivity index (χ1v) is 6.11. The van der Waals surface area contributed by atoms with Crippen molar-refractivity contribution in [2.45, 2.75) is 38.3 Å². The molecule has 1 aromatic carbocycles. The summed E-state index contributed by atoms with van der Waals surface area (Å²) < 4.78 is 11.0. The van der Waals surface area contributed by atoms with E-state index in [2.05, 4.69) is 13.8 Å². The quantitative estimate of drug-likeness (QED) is 0.875. The topological polar surface area (TPSA) is 44.5 Å². The molecule has 1 heterocycles. The lowest BCUT2D eigenvalue weighted by molar-refractivity contribution is -0.00190. The maximum Gasteiger partial charge on any atom is 0.119 e. The highest BCUT2D eigenvalue weighted by Gasteiger charge is 2.37. The van der Waals surface area contributed by atoms with Crippen LogP contribution in [-0.4, -0.2) is 19.3 Å². The number of ether oxygens (including phenoxy) is 2. The molecule has 0 aliphatic carbocycles. The summed E-state index contributed by atoms with van der Waals surface area (Å²) in [6.07, 6.45) is 2.12. The fourth-order valence-electron chi connectivity index (χ4n) is 2.50. The van der Waals surface area contributed by atoms with Crippen molar-refractivity contribution in [1.29, 1.82) is 0 Å². The average Bonchev–Trinajstić information content (AvgIpc) is 2.76. The fraction of sp³-hybridized carbons (Fsp3) is 0.571. The molecule has 17 heavy (non-hydrogen) atoms. The first-order chi connectivity index (χ1) is 8.07. The van der Waals surface area contributed by atoms with Gasteiger partial charge in [-0.15, -0.1) is 0 Å². The molecule has 1 saturated heterocycles. The Hall–Kier alpha value is -1.06. The number of aryl methyl sites for hydroxylation is 1. The third-order valence-corrected chi connectivity index (χ3v) is 3.72. The van der Waals surface area contributed by atoms with Gasteiger partial charge < -0.3 is 15.2 Å². The first-order valence-electron chi connectivity index (χ1n) is 6.11. The summed E-state index contributed by atoms with van der Waals surface area (Å²) in [6, 6.07) is 5.95. The van der Waals surface area contributed by atoms with E-state index in [4.69, 9.17) is 15.2 Å². The van der Waals surface area contributed by atoms with Crippen molar-refractivity contribution in [2.24, 2.45) is 5.73 Å². The van der Waals surface area contributed by atoms with Crippen molar-refractivity contribution < 1.29 is 9.47 Å². The zero-order chi connectivity index (χ0) is 12.5. The van der Waals surface area contributed by atoms with Crippen LogP contribution >= 0.6 is 0 Å². The van der Waals surface area contributed by atoms with Gasteiger partial charge in [0.2, 0.25) is 0 Å². The van der Waals surface area contributed by atoms with Gasteiger partial charge in [-0.25, -0.2) is 0 Å². The third-order valence-electron chi connectivity index (χ3n) is 3.72. The molecule has 2 rings (SSSR count). The number of hydrogen-bond donors (Lipinski definition) is 1. The zero-order valence-corrected chi connectivity index (χ0v) is 10.8. The summed E-state index contributed by atoms with van der Waals surface area (Å²) in [5.74, 6) is 0.871. The van der Waals surface area contributed by atoms with Gasteiger partial charge in [0.15, 0.2) is 0 Å². The van der Waals surface area contributed by atoms with Crippen LogP contribution in [0.25, 0.3) is 0 Å². The molecule has 2 atom stereocenters. The largest absolute Gasteiger partial charge is 0.497 e. The van der Waals surface area contributed by atoms with Gasteiger partial charge in [-0.2, -0.15) is 0 Å². The summed E-state index contributed by atoms with van der Waals surface area (Å²) in [4.78, 5) is 0. The minimum atomic E-state index is -0.223. The molecule has 1 aromatic rings. The Morgan fingerprint density at radius 2 is 2.24 bits per heavy atom. The monoisotopic (exact) mass is 235 g/mol. The van der Waals surface area contributed by atoms with Crippen LogP contribution in [0, 0.1) is 6.92 Å². The molecule has 0 amide bonds. The Labute approximate surface area is 103 Å². The van der Waals surface area contributed by atoms with Crippen LogP contribution in [0.2, 0.25) is 0 Å². The molecule has 3 heteroatoms. The fourth-order valence-corrected chi connectivity index (χ4v) is 2.50. The number of hydrogen-bond acceptors (Lipinski definition) is 3. The molecular weight excluding hydrogens is 214 g/mol. The van der Waals surface area contributed by atoms with E-state index >= 15 is 0 Å². The van der Waals surface area contributed by atoms with Crippen molar-refractivity contribution in [3.05, 3.63) is 29.3 Å². The maximum atomic E-state index is 6.36.